The lowest BCUT2D eigenvalue weighted by atomic mass is 10.00. The van der Waals surface area contributed by atoms with Gasteiger partial charge >= 0.3 is 0 Å². The third kappa shape index (κ3) is 1.26. The van der Waals surface area contributed by atoms with Crippen LogP contribution in [-0.4, -0.2) is 42.0 Å². The van der Waals surface area contributed by atoms with Gasteiger partial charge in [-0.15, -0.1) is 0 Å². The molecule has 76 valence electrons. The molecule has 0 aromatic carbocycles. The van der Waals surface area contributed by atoms with Crippen LogP contribution < -0.4 is 10.6 Å². The molecule has 2 saturated heterocycles. The predicted molar refractivity (Wildman–Crippen MR) is 53.4 cm³/mol. The van der Waals surface area contributed by atoms with Crippen LogP contribution in [0.1, 0.15) is 0 Å². The van der Waals surface area contributed by atoms with Crippen LogP contribution in [0.2, 0.25) is 0 Å². The van der Waals surface area contributed by atoms with Crippen molar-refractivity contribution < 1.29 is 9.59 Å². The number of nitrogens with zero attached hydrogens (tertiary/aromatic N) is 1. The van der Waals surface area contributed by atoms with E-state index in [1.165, 1.54) is 0 Å². The second kappa shape index (κ2) is 3.20. The normalized spacial score (nSPS) is 30.2. The Hall–Kier alpha value is -1.17. The molecule has 0 unspecified atom stereocenters. The lowest BCUT2D eigenvalue weighted by Gasteiger charge is -2.18. The zero-order chi connectivity index (χ0) is 10.3. The minimum absolute atomic E-state index is 0.165. The van der Waals surface area contributed by atoms with Gasteiger partial charge in [0.1, 0.15) is 0 Å². The number of hydrogen-bond acceptors (Lipinski definition) is 3. The minimum atomic E-state index is -0.214. The fourth-order valence-electron chi connectivity index (χ4n) is 1.97. The van der Waals surface area contributed by atoms with E-state index >= 15 is 0 Å². The Morgan fingerprint density at radius 3 is 2.36 bits per heavy atom. The highest BCUT2D eigenvalue weighted by atomic mass is 32.1. The van der Waals surface area contributed by atoms with Gasteiger partial charge < -0.3 is 10.2 Å². The Kier molecular flexibility index (Phi) is 2.14. The summed E-state index contributed by atoms with van der Waals surface area (Å²) >= 11 is 5.04. The Morgan fingerprint density at radius 2 is 1.93 bits per heavy atom. The van der Waals surface area contributed by atoms with E-state index in [0.717, 1.165) is 0 Å². The van der Waals surface area contributed by atoms with Crippen molar-refractivity contribution >= 4 is 29.1 Å². The molecule has 14 heavy (non-hydrogen) atoms. The average molecular weight is 213 g/mol. The van der Waals surface area contributed by atoms with Crippen LogP contribution in [0.4, 0.5) is 0 Å². The first-order valence-corrected chi connectivity index (χ1v) is 4.85. The quantitative estimate of drug-likeness (QED) is 0.387. The Morgan fingerprint density at radius 1 is 1.43 bits per heavy atom. The van der Waals surface area contributed by atoms with Gasteiger partial charge in [-0.05, 0) is 12.2 Å². The van der Waals surface area contributed by atoms with Crippen LogP contribution in [0.25, 0.3) is 0 Å². The van der Waals surface area contributed by atoms with Crippen molar-refractivity contribution in [3.05, 3.63) is 0 Å². The summed E-state index contributed by atoms with van der Waals surface area (Å²) < 4.78 is 0. The van der Waals surface area contributed by atoms with E-state index in [2.05, 4.69) is 10.6 Å². The first-order valence-electron chi connectivity index (χ1n) is 4.45. The maximum Gasteiger partial charge on any atom is 0.232 e. The van der Waals surface area contributed by atoms with E-state index in [4.69, 9.17) is 12.2 Å². The molecule has 2 atom stereocenters. The summed E-state index contributed by atoms with van der Waals surface area (Å²) in [4.78, 5) is 24.5. The fourth-order valence-corrected chi connectivity index (χ4v) is 2.11. The zero-order valence-electron chi connectivity index (χ0n) is 7.74. The van der Waals surface area contributed by atoms with Crippen molar-refractivity contribution in [2.24, 2.45) is 11.8 Å². The van der Waals surface area contributed by atoms with E-state index in [1.807, 2.05) is 4.90 Å². The number of likely N-dealkylation sites (tertiary alicyclic amines) is 1. The zero-order valence-corrected chi connectivity index (χ0v) is 8.56. The standard InChI is InChI=1S/C8H11N3O2S/c1-9-8(14)11-2-4-5(3-11)7(13)10-6(4)12/h4-5H,2-3H2,1H3,(H,9,14)(H,10,12,13)/t4-,5+. The molecule has 0 saturated carbocycles. The van der Waals surface area contributed by atoms with E-state index in [9.17, 15) is 9.59 Å². The average Bonchev–Trinajstić information content (AvgIpc) is 2.69. The number of hydrogen-bond donors (Lipinski definition) is 2. The predicted octanol–water partition coefficient (Wildman–Crippen LogP) is -1.30. The Bertz CT molecular complexity index is 296. The smallest absolute Gasteiger partial charge is 0.232 e. The lowest BCUT2D eigenvalue weighted by molar-refractivity contribution is -0.126. The molecule has 2 amide bonds. The molecule has 0 spiro atoms. The van der Waals surface area contributed by atoms with Crippen molar-refractivity contribution in [3.8, 4) is 0 Å². The number of nitrogens with one attached hydrogen (secondary N) is 2. The highest BCUT2D eigenvalue weighted by Gasteiger charge is 2.48. The Balaban J connectivity index is 2.11. The van der Waals surface area contributed by atoms with Crippen molar-refractivity contribution in [2.75, 3.05) is 20.1 Å². The molecule has 2 heterocycles. The van der Waals surface area contributed by atoms with Crippen molar-refractivity contribution in [2.45, 2.75) is 0 Å². The van der Waals surface area contributed by atoms with Crippen molar-refractivity contribution in [1.82, 2.24) is 15.5 Å². The molecule has 2 rings (SSSR count). The third-order valence-corrected chi connectivity index (χ3v) is 3.20. The summed E-state index contributed by atoms with van der Waals surface area (Å²) in [6.45, 7) is 1.09. The van der Waals surface area contributed by atoms with Gasteiger partial charge in [-0.2, -0.15) is 0 Å². The number of carbonyl (C=O) groups excluding carboxylic acids is 2. The fraction of sp³-hybridized carbons (Fsp3) is 0.625. The summed E-state index contributed by atoms with van der Waals surface area (Å²) in [5.74, 6) is -0.759. The van der Waals surface area contributed by atoms with Gasteiger partial charge in [0.2, 0.25) is 11.8 Å². The van der Waals surface area contributed by atoms with Gasteiger partial charge in [0.15, 0.2) is 5.11 Å². The summed E-state index contributed by atoms with van der Waals surface area (Å²) in [7, 11) is 1.73. The van der Waals surface area contributed by atoms with E-state index in [-0.39, 0.29) is 23.7 Å². The molecule has 2 aliphatic rings. The van der Waals surface area contributed by atoms with Crippen LogP contribution in [-0.2, 0) is 9.59 Å². The van der Waals surface area contributed by atoms with Gasteiger partial charge in [0.05, 0.1) is 11.8 Å². The summed E-state index contributed by atoms with van der Waals surface area (Å²) in [6.07, 6.45) is 0. The number of imide groups is 1. The van der Waals surface area contributed by atoms with Crippen LogP contribution in [0.5, 0.6) is 0 Å². The van der Waals surface area contributed by atoms with Gasteiger partial charge in [-0.25, -0.2) is 0 Å². The molecular formula is C8H11N3O2S. The molecule has 6 heteroatoms. The van der Waals surface area contributed by atoms with Gasteiger partial charge in [-0.1, -0.05) is 0 Å². The molecule has 0 aromatic rings. The van der Waals surface area contributed by atoms with Crippen LogP contribution in [0.3, 0.4) is 0 Å². The molecule has 2 aliphatic heterocycles. The molecule has 0 radical (unpaired) electrons. The number of fused-ring (bicyclic) bond motifs is 1. The van der Waals surface area contributed by atoms with Crippen molar-refractivity contribution in [1.29, 1.82) is 0 Å². The number of amides is 2. The highest BCUT2D eigenvalue weighted by molar-refractivity contribution is 7.80. The molecule has 2 N–H and O–H groups in total. The minimum Gasteiger partial charge on any atom is -0.366 e. The van der Waals surface area contributed by atoms with Crippen LogP contribution >= 0.6 is 12.2 Å². The lowest BCUT2D eigenvalue weighted by Crippen LogP contribution is -2.39. The Labute approximate surface area is 86.8 Å². The van der Waals surface area contributed by atoms with Gasteiger partial charge in [0, 0.05) is 20.1 Å². The first kappa shape index (κ1) is 9.39. The largest absolute Gasteiger partial charge is 0.366 e. The molecule has 5 nitrogen and oxygen atoms in total. The van der Waals surface area contributed by atoms with Gasteiger partial charge in [0.25, 0.3) is 0 Å². The SMILES string of the molecule is CNC(=S)N1C[C@@H]2C(=O)NC(=O)[C@@H]2C1. The third-order valence-electron chi connectivity index (χ3n) is 2.74. The topological polar surface area (TPSA) is 61.4 Å². The van der Waals surface area contributed by atoms with E-state index in [1.54, 1.807) is 7.05 Å². The van der Waals surface area contributed by atoms with Crippen molar-refractivity contribution in [3.63, 3.8) is 0 Å². The number of carbonyl (C=O) groups is 2. The van der Waals surface area contributed by atoms with Crippen LogP contribution in [0, 0.1) is 11.8 Å². The maximum absolute atomic E-state index is 11.3. The van der Waals surface area contributed by atoms with E-state index in [0.29, 0.717) is 18.2 Å². The second-order valence-corrected chi connectivity index (χ2v) is 3.91. The number of thiocarbonyl (C=S) groups is 1. The summed E-state index contributed by atoms with van der Waals surface area (Å²) in [6, 6.07) is 0. The maximum atomic E-state index is 11.3. The van der Waals surface area contributed by atoms with Gasteiger partial charge in [-0.3, -0.25) is 14.9 Å². The number of rotatable bonds is 0. The molecule has 0 aromatic heterocycles. The van der Waals surface area contributed by atoms with Crippen LogP contribution in [0.15, 0.2) is 0 Å². The second-order valence-electron chi connectivity index (χ2n) is 3.53. The summed E-state index contributed by atoms with van der Waals surface area (Å²) in [5, 5.41) is 5.77. The monoisotopic (exact) mass is 213 g/mol. The molecule has 0 aliphatic carbocycles. The highest BCUT2D eigenvalue weighted by Crippen LogP contribution is 2.27. The molecule has 0 bridgehead atoms. The first-order chi connectivity index (χ1) is 6.63. The molecular weight excluding hydrogens is 202 g/mol. The summed E-state index contributed by atoms with van der Waals surface area (Å²) in [5.41, 5.74) is 0. The molecule has 2 fully saturated rings. The van der Waals surface area contributed by atoms with E-state index < -0.39 is 0 Å².